The highest BCUT2D eigenvalue weighted by Crippen LogP contribution is 2.39. The molecular weight excluding hydrogens is 280 g/mol. The van der Waals surface area contributed by atoms with Gasteiger partial charge in [-0.3, -0.25) is 9.78 Å². The van der Waals surface area contributed by atoms with Gasteiger partial charge in [-0.25, -0.2) is 0 Å². The lowest BCUT2D eigenvalue weighted by atomic mass is 9.70. The fourth-order valence-corrected chi connectivity index (χ4v) is 3.81. The lowest BCUT2D eigenvalue weighted by Gasteiger charge is -2.48. The summed E-state index contributed by atoms with van der Waals surface area (Å²) >= 11 is 0. The van der Waals surface area contributed by atoms with Crippen molar-refractivity contribution >= 4 is 5.91 Å². The topological polar surface area (TPSA) is 62.7 Å². The quantitative estimate of drug-likeness (QED) is 0.903. The number of pyridine rings is 1. The molecule has 1 N–H and O–H groups in total. The van der Waals surface area contributed by atoms with Crippen molar-refractivity contribution < 1.29 is 14.6 Å². The van der Waals surface area contributed by atoms with Crippen molar-refractivity contribution in [2.75, 3.05) is 26.3 Å². The minimum Gasteiger partial charge on any atom is -0.389 e. The molecule has 2 atom stereocenters. The van der Waals surface area contributed by atoms with E-state index in [-0.39, 0.29) is 17.7 Å². The van der Waals surface area contributed by atoms with Crippen LogP contribution in [0, 0.1) is 11.8 Å². The number of hydrogen-bond donors (Lipinski definition) is 1. The molecule has 0 aliphatic carbocycles. The van der Waals surface area contributed by atoms with E-state index in [1.807, 2.05) is 4.90 Å². The minimum absolute atomic E-state index is 0.0308. The van der Waals surface area contributed by atoms with Crippen LogP contribution in [0.4, 0.5) is 0 Å². The first-order valence-electron chi connectivity index (χ1n) is 8.10. The molecule has 2 aliphatic heterocycles. The number of aliphatic hydroxyl groups is 1. The molecule has 2 unspecified atom stereocenters. The Labute approximate surface area is 131 Å². The minimum atomic E-state index is -0.668. The Balaban J connectivity index is 1.68. The van der Waals surface area contributed by atoms with Crippen molar-refractivity contribution in [1.82, 2.24) is 9.88 Å². The van der Waals surface area contributed by atoms with Crippen LogP contribution in [0.3, 0.4) is 0 Å². The van der Waals surface area contributed by atoms with Crippen LogP contribution in [0.25, 0.3) is 0 Å². The number of carbonyl (C=O) groups excluding carboxylic acids is 1. The fourth-order valence-electron chi connectivity index (χ4n) is 3.81. The summed E-state index contributed by atoms with van der Waals surface area (Å²) in [5.74, 6) is 0.396. The SMILES string of the molecule is CC1CN(C(=O)c2ccncc2)CCC1(O)C1CCOCC1. The summed E-state index contributed by atoms with van der Waals surface area (Å²) in [5, 5.41) is 11.1. The second-order valence-corrected chi connectivity index (χ2v) is 6.52. The lowest BCUT2D eigenvalue weighted by molar-refractivity contribution is -0.125. The molecule has 2 fully saturated rings. The van der Waals surface area contributed by atoms with E-state index >= 15 is 0 Å². The normalized spacial score (nSPS) is 30.3. The largest absolute Gasteiger partial charge is 0.389 e. The summed E-state index contributed by atoms with van der Waals surface area (Å²) in [6, 6.07) is 3.48. The van der Waals surface area contributed by atoms with E-state index in [1.165, 1.54) is 0 Å². The first kappa shape index (κ1) is 15.4. The Morgan fingerprint density at radius 2 is 2.05 bits per heavy atom. The number of ether oxygens (including phenoxy) is 1. The third-order valence-electron chi connectivity index (χ3n) is 5.27. The number of piperidine rings is 1. The van der Waals surface area contributed by atoms with Gasteiger partial charge in [-0.15, -0.1) is 0 Å². The monoisotopic (exact) mass is 304 g/mol. The van der Waals surface area contributed by atoms with Crippen LogP contribution >= 0.6 is 0 Å². The van der Waals surface area contributed by atoms with E-state index in [1.54, 1.807) is 24.5 Å². The summed E-state index contributed by atoms with van der Waals surface area (Å²) in [6.07, 6.45) is 5.76. The van der Waals surface area contributed by atoms with Gasteiger partial charge >= 0.3 is 0 Å². The van der Waals surface area contributed by atoms with Crippen LogP contribution in [-0.4, -0.2) is 52.8 Å². The molecule has 3 rings (SSSR count). The molecule has 0 radical (unpaired) electrons. The Bertz CT molecular complexity index is 516. The van der Waals surface area contributed by atoms with Crippen molar-refractivity contribution in [3.8, 4) is 0 Å². The molecule has 3 heterocycles. The first-order valence-corrected chi connectivity index (χ1v) is 8.10. The molecule has 1 aromatic heterocycles. The van der Waals surface area contributed by atoms with Gasteiger partial charge in [-0.2, -0.15) is 0 Å². The van der Waals surface area contributed by atoms with E-state index in [0.29, 0.717) is 25.1 Å². The van der Waals surface area contributed by atoms with Gasteiger partial charge in [0.05, 0.1) is 5.60 Å². The maximum Gasteiger partial charge on any atom is 0.253 e. The van der Waals surface area contributed by atoms with Crippen molar-refractivity contribution in [3.63, 3.8) is 0 Å². The third-order valence-corrected chi connectivity index (χ3v) is 5.27. The molecule has 2 aliphatic rings. The molecule has 1 amide bonds. The van der Waals surface area contributed by atoms with Gasteiger partial charge in [0.25, 0.3) is 5.91 Å². The number of rotatable bonds is 2. The number of amides is 1. The van der Waals surface area contributed by atoms with Gasteiger partial charge in [-0.05, 0) is 37.3 Å². The standard InChI is InChI=1S/C17H24N2O3/c1-13-12-19(16(20)14-2-7-18-8-3-14)9-6-17(13,21)15-4-10-22-11-5-15/h2-3,7-8,13,15,21H,4-6,9-12H2,1H3. The summed E-state index contributed by atoms with van der Waals surface area (Å²) in [5.41, 5.74) is -0.00239. The lowest BCUT2D eigenvalue weighted by Crippen LogP contribution is -2.56. The maximum absolute atomic E-state index is 12.5. The highest BCUT2D eigenvalue weighted by atomic mass is 16.5. The number of carbonyl (C=O) groups is 1. The van der Waals surface area contributed by atoms with Crippen LogP contribution in [0.2, 0.25) is 0 Å². The van der Waals surface area contributed by atoms with E-state index < -0.39 is 5.60 Å². The molecule has 0 bridgehead atoms. The van der Waals surface area contributed by atoms with Crippen LogP contribution in [0.15, 0.2) is 24.5 Å². The average molecular weight is 304 g/mol. The molecule has 2 saturated heterocycles. The zero-order valence-corrected chi connectivity index (χ0v) is 13.1. The van der Waals surface area contributed by atoms with Gasteiger partial charge in [0.15, 0.2) is 0 Å². The summed E-state index contributed by atoms with van der Waals surface area (Å²) in [7, 11) is 0. The predicted octanol–water partition coefficient (Wildman–Crippen LogP) is 1.72. The summed E-state index contributed by atoms with van der Waals surface area (Å²) in [6.45, 7) is 4.74. The van der Waals surface area contributed by atoms with Gasteiger partial charge in [0.1, 0.15) is 0 Å². The smallest absolute Gasteiger partial charge is 0.253 e. The molecular formula is C17H24N2O3. The van der Waals surface area contributed by atoms with E-state index in [0.717, 1.165) is 26.1 Å². The second kappa shape index (κ2) is 6.34. The molecule has 0 spiro atoms. The van der Waals surface area contributed by atoms with Crippen molar-refractivity contribution in [2.45, 2.75) is 31.8 Å². The molecule has 120 valence electrons. The number of likely N-dealkylation sites (tertiary alicyclic amines) is 1. The van der Waals surface area contributed by atoms with Crippen LogP contribution < -0.4 is 0 Å². The third kappa shape index (κ3) is 2.88. The Morgan fingerprint density at radius 3 is 2.68 bits per heavy atom. The number of aromatic nitrogens is 1. The maximum atomic E-state index is 12.5. The zero-order valence-electron chi connectivity index (χ0n) is 13.1. The van der Waals surface area contributed by atoms with Gasteiger partial charge in [0, 0.05) is 50.2 Å². The van der Waals surface area contributed by atoms with E-state index in [2.05, 4.69) is 11.9 Å². The van der Waals surface area contributed by atoms with E-state index in [9.17, 15) is 9.90 Å². The molecule has 5 nitrogen and oxygen atoms in total. The van der Waals surface area contributed by atoms with Gasteiger partial charge in [-0.1, -0.05) is 6.92 Å². The predicted molar refractivity (Wildman–Crippen MR) is 82.4 cm³/mol. The van der Waals surface area contributed by atoms with Gasteiger partial charge in [0.2, 0.25) is 0 Å². The Kier molecular flexibility index (Phi) is 4.45. The molecule has 22 heavy (non-hydrogen) atoms. The molecule has 5 heteroatoms. The highest BCUT2D eigenvalue weighted by molar-refractivity contribution is 5.94. The van der Waals surface area contributed by atoms with Crippen LogP contribution in [-0.2, 0) is 4.74 Å². The number of hydrogen-bond acceptors (Lipinski definition) is 4. The molecule has 0 aromatic carbocycles. The Morgan fingerprint density at radius 1 is 1.36 bits per heavy atom. The zero-order chi connectivity index (χ0) is 15.6. The first-order chi connectivity index (χ1) is 10.6. The van der Waals surface area contributed by atoms with Crippen molar-refractivity contribution in [1.29, 1.82) is 0 Å². The number of nitrogens with zero attached hydrogens (tertiary/aromatic N) is 2. The average Bonchev–Trinajstić information content (AvgIpc) is 2.58. The van der Waals surface area contributed by atoms with E-state index in [4.69, 9.17) is 4.74 Å². The van der Waals surface area contributed by atoms with Crippen molar-refractivity contribution in [2.24, 2.45) is 11.8 Å². The summed E-state index contributed by atoms with van der Waals surface area (Å²) in [4.78, 5) is 18.3. The Hall–Kier alpha value is -1.46. The van der Waals surface area contributed by atoms with Crippen molar-refractivity contribution in [3.05, 3.63) is 30.1 Å². The molecule has 1 aromatic rings. The fraction of sp³-hybridized carbons (Fsp3) is 0.647. The van der Waals surface area contributed by atoms with Crippen LogP contribution in [0.5, 0.6) is 0 Å². The molecule has 0 saturated carbocycles. The van der Waals surface area contributed by atoms with Gasteiger partial charge < -0.3 is 14.7 Å². The van der Waals surface area contributed by atoms with Crippen LogP contribution in [0.1, 0.15) is 36.5 Å². The summed E-state index contributed by atoms with van der Waals surface area (Å²) < 4.78 is 5.41. The second-order valence-electron chi connectivity index (χ2n) is 6.52. The highest BCUT2D eigenvalue weighted by Gasteiger charge is 2.46.